The molecule has 2 aromatic rings. The highest BCUT2D eigenvalue weighted by Crippen LogP contribution is 2.31. The number of halogens is 2. The van der Waals surface area contributed by atoms with Crippen molar-refractivity contribution >= 4 is 5.69 Å². The number of anilines is 1. The monoisotopic (exact) mass is 293 g/mol. The van der Waals surface area contributed by atoms with Gasteiger partial charge in [0, 0.05) is 18.2 Å². The SMILES string of the molecule is CCOc1cccc(CNc2ccc(F)cc2F)c1OC. The fourth-order valence-corrected chi connectivity index (χ4v) is 2.02. The van der Waals surface area contributed by atoms with E-state index in [-0.39, 0.29) is 5.69 Å². The Hall–Kier alpha value is -2.30. The molecule has 0 spiro atoms. The molecular formula is C16H17F2NO2. The van der Waals surface area contributed by atoms with E-state index in [4.69, 9.17) is 9.47 Å². The van der Waals surface area contributed by atoms with Gasteiger partial charge in [-0.15, -0.1) is 0 Å². The van der Waals surface area contributed by atoms with Crippen molar-refractivity contribution in [2.24, 2.45) is 0 Å². The predicted molar refractivity (Wildman–Crippen MR) is 77.8 cm³/mol. The quantitative estimate of drug-likeness (QED) is 0.873. The van der Waals surface area contributed by atoms with Crippen LogP contribution in [0.25, 0.3) is 0 Å². The van der Waals surface area contributed by atoms with Crippen molar-refractivity contribution in [3.8, 4) is 11.5 Å². The standard InChI is InChI=1S/C16H17F2NO2/c1-3-21-15-6-4-5-11(16(15)20-2)10-19-14-8-7-12(17)9-13(14)18/h4-9,19H,3,10H2,1-2H3. The second-order valence-electron chi connectivity index (χ2n) is 4.36. The molecule has 0 amide bonds. The Bertz CT molecular complexity index is 617. The fourth-order valence-electron chi connectivity index (χ4n) is 2.02. The van der Waals surface area contributed by atoms with E-state index in [1.165, 1.54) is 12.1 Å². The maximum Gasteiger partial charge on any atom is 0.165 e. The third kappa shape index (κ3) is 3.62. The molecular weight excluding hydrogens is 276 g/mol. The molecule has 0 unspecified atom stereocenters. The van der Waals surface area contributed by atoms with Crippen LogP contribution in [0.2, 0.25) is 0 Å². The van der Waals surface area contributed by atoms with Crippen LogP contribution in [0, 0.1) is 11.6 Å². The number of benzene rings is 2. The molecule has 1 N–H and O–H groups in total. The molecule has 0 aliphatic rings. The lowest BCUT2D eigenvalue weighted by atomic mass is 10.1. The van der Waals surface area contributed by atoms with E-state index in [1.807, 2.05) is 25.1 Å². The Morgan fingerprint density at radius 1 is 1.14 bits per heavy atom. The molecule has 0 aliphatic carbocycles. The summed E-state index contributed by atoms with van der Waals surface area (Å²) in [6.07, 6.45) is 0. The van der Waals surface area contributed by atoms with Crippen LogP contribution in [0.4, 0.5) is 14.5 Å². The molecule has 5 heteroatoms. The molecule has 112 valence electrons. The van der Waals surface area contributed by atoms with E-state index in [0.29, 0.717) is 24.7 Å². The van der Waals surface area contributed by atoms with Crippen molar-refractivity contribution in [2.45, 2.75) is 13.5 Å². The highest BCUT2D eigenvalue weighted by atomic mass is 19.1. The Morgan fingerprint density at radius 2 is 1.95 bits per heavy atom. The lowest BCUT2D eigenvalue weighted by Crippen LogP contribution is -2.05. The summed E-state index contributed by atoms with van der Waals surface area (Å²) < 4.78 is 37.3. The maximum atomic E-state index is 13.6. The van der Waals surface area contributed by atoms with Crippen molar-refractivity contribution in [2.75, 3.05) is 19.0 Å². The minimum atomic E-state index is -0.630. The van der Waals surface area contributed by atoms with Crippen LogP contribution in [0.1, 0.15) is 12.5 Å². The first-order chi connectivity index (χ1) is 10.2. The summed E-state index contributed by atoms with van der Waals surface area (Å²) in [5.74, 6) is 0.0113. The van der Waals surface area contributed by atoms with Crippen LogP contribution in [0.3, 0.4) is 0 Å². The first kappa shape index (κ1) is 15.1. The zero-order chi connectivity index (χ0) is 15.2. The van der Waals surface area contributed by atoms with Gasteiger partial charge in [0.2, 0.25) is 0 Å². The number of hydrogen-bond donors (Lipinski definition) is 1. The Kier molecular flexibility index (Phi) is 4.98. The number of para-hydroxylation sites is 1. The van der Waals surface area contributed by atoms with E-state index < -0.39 is 11.6 Å². The van der Waals surface area contributed by atoms with Crippen molar-refractivity contribution in [3.63, 3.8) is 0 Å². The van der Waals surface area contributed by atoms with Gasteiger partial charge in [0.1, 0.15) is 11.6 Å². The second-order valence-corrected chi connectivity index (χ2v) is 4.36. The van der Waals surface area contributed by atoms with Crippen molar-refractivity contribution in [1.82, 2.24) is 0 Å². The third-order valence-electron chi connectivity index (χ3n) is 2.96. The van der Waals surface area contributed by atoms with Crippen LogP contribution in [0.15, 0.2) is 36.4 Å². The summed E-state index contributed by atoms with van der Waals surface area (Å²) in [4.78, 5) is 0. The number of nitrogens with one attached hydrogen (secondary N) is 1. The molecule has 0 fully saturated rings. The molecule has 3 nitrogen and oxygen atoms in total. The number of methoxy groups -OCH3 is 1. The van der Waals surface area contributed by atoms with Crippen molar-refractivity contribution in [1.29, 1.82) is 0 Å². The smallest absolute Gasteiger partial charge is 0.165 e. The molecule has 0 atom stereocenters. The predicted octanol–water partition coefficient (Wildman–Crippen LogP) is 3.98. The Balaban J connectivity index is 2.17. The van der Waals surface area contributed by atoms with Crippen LogP contribution in [-0.4, -0.2) is 13.7 Å². The summed E-state index contributed by atoms with van der Waals surface area (Å²) >= 11 is 0. The van der Waals surface area contributed by atoms with E-state index in [2.05, 4.69) is 5.32 Å². The topological polar surface area (TPSA) is 30.5 Å². The lowest BCUT2D eigenvalue weighted by molar-refractivity contribution is 0.309. The first-order valence-corrected chi connectivity index (χ1v) is 6.63. The average molecular weight is 293 g/mol. The van der Waals surface area contributed by atoms with Gasteiger partial charge in [-0.1, -0.05) is 12.1 Å². The molecule has 2 aromatic carbocycles. The summed E-state index contributed by atoms with van der Waals surface area (Å²) in [7, 11) is 1.56. The van der Waals surface area contributed by atoms with Crippen molar-refractivity contribution in [3.05, 3.63) is 53.6 Å². The highest BCUT2D eigenvalue weighted by molar-refractivity contribution is 5.50. The van der Waals surface area contributed by atoms with Crippen LogP contribution < -0.4 is 14.8 Å². The lowest BCUT2D eigenvalue weighted by Gasteiger charge is -2.14. The van der Waals surface area contributed by atoms with E-state index in [9.17, 15) is 8.78 Å². The van der Waals surface area contributed by atoms with Crippen LogP contribution in [-0.2, 0) is 6.54 Å². The molecule has 0 aromatic heterocycles. The molecule has 0 aliphatic heterocycles. The van der Waals surface area contributed by atoms with Gasteiger partial charge in [-0.3, -0.25) is 0 Å². The van der Waals surface area contributed by atoms with Crippen LogP contribution in [0.5, 0.6) is 11.5 Å². The number of rotatable bonds is 6. The van der Waals surface area contributed by atoms with E-state index >= 15 is 0 Å². The molecule has 21 heavy (non-hydrogen) atoms. The molecule has 0 heterocycles. The first-order valence-electron chi connectivity index (χ1n) is 6.63. The summed E-state index contributed by atoms with van der Waals surface area (Å²) in [6, 6.07) is 8.92. The van der Waals surface area contributed by atoms with Gasteiger partial charge in [-0.2, -0.15) is 0 Å². The van der Waals surface area contributed by atoms with Gasteiger partial charge in [0.25, 0.3) is 0 Å². The van der Waals surface area contributed by atoms with Crippen LogP contribution >= 0.6 is 0 Å². The summed E-state index contributed by atoms with van der Waals surface area (Å²) in [6.45, 7) is 2.75. The average Bonchev–Trinajstić information content (AvgIpc) is 2.47. The molecule has 0 radical (unpaired) electrons. The molecule has 0 saturated carbocycles. The highest BCUT2D eigenvalue weighted by Gasteiger charge is 2.10. The molecule has 0 bridgehead atoms. The van der Waals surface area contributed by atoms with Gasteiger partial charge < -0.3 is 14.8 Å². The largest absolute Gasteiger partial charge is 0.493 e. The van der Waals surface area contributed by atoms with E-state index in [0.717, 1.165) is 11.6 Å². The number of ether oxygens (including phenoxy) is 2. The van der Waals surface area contributed by atoms with Gasteiger partial charge in [0.05, 0.1) is 19.4 Å². The zero-order valence-corrected chi connectivity index (χ0v) is 12.0. The fraction of sp³-hybridized carbons (Fsp3) is 0.250. The van der Waals surface area contributed by atoms with Gasteiger partial charge in [-0.05, 0) is 25.1 Å². The van der Waals surface area contributed by atoms with Gasteiger partial charge >= 0.3 is 0 Å². The minimum absolute atomic E-state index is 0.236. The van der Waals surface area contributed by atoms with Crippen molar-refractivity contribution < 1.29 is 18.3 Å². The minimum Gasteiger partial charge on any atom is -0.493 e. The molecule has 2 rings (SSSR count). The maximum absolute atomic E-state index is 13.6. The summed E-state index contributed by atoms with van der Waals surface area (Å²) in [5, 5.41) is 2.92. The second kappa shape index (κ2) is 6.92. The zero-order valence-electron chi connectivity index (χ0n) is 12.0. The van der Waals surface area contributed by atoms with Gasteiger partial charge in [-0.25, -0.2) is 8.78 Å². The normalized spacial score (nSPS) is 10.3. The molecule has 0 saturated heterocycles. The van der Waals surface area contributed by atoms with E-state index in [1.54, 1.807) is 7.11 Å². The Morgan fingerprint density at radius 3 is 2.62 bits per heavy atom. The van der Waals surface area contributed by atoms with Gasteiger partial charge in [0.15, 0.2) is 11.5 Å². The number of hydrogen-bond acceptors (Lipinski definition) is 3. The summed E-state index contributed by atoms with van der Waals surface area (Å²) in [5.41, 5.74) is 1.06. The third-order valence-corrected chi connectivity index (χ3v) is 2.96. The Labute approximate surface area is 122 Å².